The van der Waals surface area contributed by atoms with Crippen LogP contribution in [0.1, 0.15) is 22.3 Å². The van der Waals surface area contributed by atoms with Gasteiger partial charge in [-0.2, -0.15) is 0 Å². The van der Waals surface area contributed by atoms with E-state index >= 15 is 0 Å². The molecule has 7 nitrogen and oxygen atoms in total. The van der Waals surface area contributed by atoms with E-state index in [1.165, 1.54) is 17.0 Å². The van der Waals surface area contributed by atoms with E-state index in [9.17, 15) is 24.2 Å². The molecule has 3 rings (SSSR count). The van der Waals surface area contributed by atoms with E-state index in [1.54, 1.807) is 7.05 Å². The first kappa shape index (κ1) is 23.1. The Morgan fingerprint density at radius 3 is 2.48 bits per heavy atom. The van der Waals surface area contributed by atoms with Crippen molar-refractivity contribution in [3.05, 3.63) is 70.5 Å². The minimum absolute atomic E-state index is 0.101. The predicted molar refractivity (Wildman–Crippen MR) is 112 cm³/mol. The zero-order chi connectivity index (χ0) is 22.5. The molecular formula is C22H24ClFN2O5. The van der Waals surface area contributed by atoms with Crippen LogP contribution in [0.25, 0.3) is 0 Å². The Bertz CT molecular complexity index is 929. The zero-order valence-electron chi connectivity index (χ0n) is 16.9. The van der Waals surface area contributed by atoms with Gasteiger partial charge in [-0.25, -0.2) is 4.39 Å². The second-order valence-electron chi connectivity index (χ2n) is 7.47. The third kappa shape index (κ3) is 5.80. The number of carbonyl (C=O) groups excluding carboxylic acids is 2. The van der Waals surface area contributed by atoms with Crippen LogP contribution in [0.3, 0.4) is 0 Å². The molecule has 3 N–H and O–H groups in total. The van der Waals surface area contributed by atoms with Crippen LogP contribution in [0, 0.1) is 5.82 Å². The molecule has 31 heavy (non-hydrogen) atoms. The number of aliphatic hydroxyl groups excluding tert-OH is 2. The molecule has 1 aliphatic heterocycles. The van der Waals surface area contributed by atoms with E-state index < -0.39 is 36.1 Å². The van der Waals surface area contributed by atoms with E-state index in [0.717, 1.165) is 11.6 Å². The molecule has 166 valence electrons. The van der Waals surface area contributed by atoms with Crippen LogP contribution >= 0.6 is 11.6 Å². The average Bonchev–Trinajstić information content (AvgIpc) is 3.02. The van der Waals surface area contributed by atoms with Crippen LogP contribution in [0.4, 0.5) is 4.39 Å². The molecule has 0 bridgehead atoms. The number of amides is 2. The molecule has 2 aromatic rings. The van der Waals surface area contributed by atoms with Crippen molar-refractivity contribution < 1.29 is 28.9 Å². The number of hydrogen-bond donors (Lipinski definition) is 3. The van der Waals surface area contributed by atoms with Gasteiger partial charge in [-0.3, -0.25) is 9.59 Å². The Balaban J connectivity index is 1.52. The zero-order valence-corrected chi connectivity index (χ0v) is 17.6. The first-order valence-electron chi connectivity index (χ1n) is 9.79. The summed E-state index contributed by atoms with van der Waals surface area (Å²) in [6.07, 6.45) is -4.44. The van der Waals surface area contributed by atoms with Gasteiger partial charge in [-0.1, -0.05) is 41.9 Å². The summed E-state index contributed by atoms with van der Waals surface area (Å²) in [6, 6.07) is 13.0. The van der Waals surface area contributed by atoms with E-state index in [1.807, 2.05) is 30.3 Å². The molecule has 2 aromatic carbocycles. The summed E-state index contributed by atoms with van der Waals surface area (Å²) in [5.41, 5.74) is 1.11. The quantitative estimate of drug-likeness (QED) is 0.597. The molecule has 0 unspecified atom stereocenters. The standard InChI is InChI=1S/C22H24ClFN2O5/c1-26(12-13-5-3-2-4-6-13)19(27)10-17-20(28)21(29)18(31-17)11-25-22(30)14-7-8-16(24)15(23)9-14/h2-9,17-18,20-21,28-29H,10-12H2,1H3,(H,25,30)/t17-,18+,20-,21+/m0/s1. The molecule has 0 saturated carbocycles. The minimum Gasteiger partial charge on any atom is -0.388 e. The number of ether oxygens (including phenoxy) is 1. The third-order valence-corrected chi connectivity index (χ3v) is 5.46. The van der Waals surface area contributed by atoms with Gasteiger partial charge in [0.25, 0.3) is 5.91 Å². The fourth-order valence-electron chi connectivity index (χ4n) is 3.37. The second-order valence-corrected chi connectivity index (χ2v) is 7.88. The smallest absolute Gasteiger partial charge is 0.251 e. The number of carbonyl (C=O) groups is 2. The summed E-state index contributed by atoms with van der Waals surface area (Å²) in [5, 5.41) is 22.9. The van der Waals surface area contributed by atoms with Crippen LogP contribution < -0.4 is 5.32 Å². The molecule has 2 amide bonds. The molecular weight excluding hydrogens is 427 g/mol. The molecule has 0 aliphatic carbocycles. The number of nitrogens with one attached hydrogen (secondary N) is 1. The Morgan fingerprint density at radius 1 is 1.13 bits per heavy atom. The maximum atomic E-state index is 13.2. The van der Waals surface area contributed by atoms with Gasteiger partial charge in [0.1, 0.15) is 24.1 Å². The van der Waals surface area contributed by atoms with Gasteiger partial charge in [0.2, 0.25) is 5.91 Å². The third-order valence-electron chi connectivity index (χ3n) is 5.17. The van der Waals surface area contributed by atoms with Crippen molar-refractivity contribution >= 4 is 23.4 Å². The van der Waals surface area contributed by atoms with Gasteiger partial charge in [-0.05, 0) is 23.8 Å². The molecule has 0 spiro atoms. The van der Waals surface area contributed by atoms with Crippen molar-refractivity contribution in [3.8, 4) is 0 Å². The molecule has 9 heteroatoms. The first-order chi connectivity index (χ1) is 14.8. The van der Waals surface area contributed by atoms with Crippen LogP contribution in [0.5, 0.6) is 0 Å². The van der Waals surface area contributed by atoms with Crippen molar-refractivity contribution in [2.45, 2.75) is 37.4 Å². The lowest BCUT2D eigenvalue weighted by atomic mass is 10.0. The van der Waals surface area contributed by atoms with E-state index in [0.29, 0.717) is 6.54 Å². The maximum absolute atomic E-state index is 13.2. The lowest BCUT2D eigenvalue weighted by Gasteiger charge is -2.21. The van der Waals surface area contributed by atoms with Crippen molar-refractivity contribution in [1.29, 1.82) is 0 Å². The second kappa shape index (κ2) is 10.2. The summed E-state index contributed by atoms with van der Waals surface area (Å²) < 4.78 is 18.9. The highest BCUT2D eigenvalue weighted by atomic mass is 35.5. The molecule has 0 radical (unpaired) electrons. The normalized spacial score (nSPS) is 22.9. The fraction of sp³-hybridized carbons (Fsp3) is 0.364. The highest BCUT2D eigenvalue weighted by Crippen LogP contribution is 2.24. The predicted octanol–water partition coefficient (Wildman–Crippen LogP) is 1.75. The molecule has 1 saturated heterocycles. The number of nitrogens with zero attached hydrogens (tertiary/aromatic N) is 1. The van der Waals surface area contributed by atoms with E-state index in [4.69, 9.17) is 16.3 Å². The molecule has 1 heterocycles. The van der Waals surface area contributed by atoms with Crippen molar-refractivity contribution in [3.63, 3.8) is 0 Å². The first-order valence-corrected chi connectivity index (χ1v) is 10.2. The summed E-state index contributed by atoms with van der Waals surface area (Å²) in [5.74, 6) is -1.42. The number of benzene rings is 2. The Labute approximate surface area is 184 Å². The van der Waals surface area contributed by atoms with E-state index in [-0.39, 0.29) is 29.5 Å². The van der Waals surface area contributed by atoms with Gasteiger partial charge in [-0.15, -0.1) is 0 Å². The molecule has 1 fully saturated rings. The largest absolute Gasteiger partial charge is 0.388 e. The molecule has 4 atom stereocenters. The van der Waals surface area contributed by atoms with Crippen molar-refractivity contribution in [2.75, 3.05) is 13.6 Å². The fourth-order valence-corrected chi connectivity index (χ4v) is 3.55. The van der Waals surface area contributed by atoms with Crippen molar-refractivity contribution in [1.82, 2.24) is 10.2 Å². The van der Waals surface area contributed by atoms with Gasteiger partial charge in [0, 0.05) is 25.7 Å². The Hall–Kier alpha value is -2.52. The van der Waals surface area contributed by atoms with E-state index in [2.05, 4.69) is 5.32 Å². The highest BCUT2D eigenvalue weighted by Gasteiger charge is 2.43. The van der Waals surface area contributed by atoms with Gasteiger partial charge < -0.3 is 25.2 Å². The van der Waals surface area contributed by atoms with Crippen LogP contribution in [0.2, 0.25) is 5.02 Å². The number of hydrogen-bond acceptors (Lipinski definition) is 5. The summed E-state index contributed by atoms with van der Waals surface area (Å²) >= 11 is 5.68. The summed E-state index contributed by atoms with van der Waals surface area (Å²) in [4.78, 5) is 26.3. The van der Waals surface area contributed by atoms with Crippen molar-refractivity contribution in [2.24, 2.45) is 0 Å². The summed E-state index contributed by atoms with van der Waals surface area (Å²) in [7, 11) is 1.65. The highest BCUT2D eigenvalue weighted by molar-refractivity contribution is 6.31. The average molecular weight is 451 g/mol. The minimum atomic E-state index is -1.27. The SMILES string of the molecule is CN(Cc1ccccc1)C(=O)C[C@@H]1O[C@H](CNC(=O)c2ccc(F)c(Cl)c2)[C@@H](O)[C@H]1O. The van der Waals surface area contributed by atoms with Gasteiger partial charge >= 0.3 is 0 Å². The monoisotopic (exact) mass is 450 g/mol. The van der Waals surface area contributed by atoms with Crippen LogP contribution in [-0.2, 0) is 16.1 Å². The van der Waals surface area contributed by atoms with Crippen LogP contribution in [-0.4, -0.2) is 64.9 Å². The number of aliphatic hydroxyl groups is 2. The van der Waals surface area contributed by atoms with Gasteiger partial charge in [0.05, 0.1) is 17.5 Å². The van der Waals surface area contributed by atoms with Crippen LogP contribution in [0.15, 0.2) is 48.5 Å². The molecule has 0 aromatic heterocycles. The number of halogens is 2. The number of rotatable bonds is 7. The maximum Gasteiger partial charge on any atom is 0.251 e. The topological polar surface area (TPSA) is 99.1 Å². The molecule has 1 aliphatic rings. The lowest BCUT2D eigenvalue weighted by Crippen LogP contribution is -2.40. The lowest BCUT2D eigenvalue weighted by molar-refractivity contribution is -0.134. The van der Waals surface area contributed by atoms with Gasteiger partial charge in [0.15, 0.2) is 0 Å². The Kier molecular flexibility index (Phi) is 7.61. The summed E-state index contributed by atoms with van der Waals surface area (Å²) in [6.45, 7) is 0.307. The Morgan fingerprint density at radius 2 is 1.81 bits per heavy atom.